The van der Waals surface area contributed by atoms with Crippen molar-refractivity contribution in [3.8, 4) is 5.75 Å². The maximum Gasteiger partial charge on any atom is 0.245 e. The Morgan fingerprint density at radius 1 is 1.29 bits per heavy atom. The van der Waals surface area contributed by atoms with Gasteiger partial charge in [0.25, 0.3) is 0 Å². The van der Waals surface area contributed by atoms with Crippen LogP contribution < -0.4 is 15.8 Å². The summed E-state index contributed by atoms with van der Waals surface area (Å²) in [6.45, 7) is 0. The third-order valence-corrected chi connectivity index (χ3v) is 4.76. The van der Waals surface area contributed by atoms with Gasteiger partial charge in [0, 0.05) is 21.0 Å². The number of ether oxygens (including phenoxy) is 1. The first-order valence-electron chi connectivity index (χ1n) is 6.30. The topological polar surface area (TPSA) is 64.3 Å². The second-order valence-electron chi connectivity index (χ2n) is 4.61. The molecule has 1 aliphatic rings. The van der Waals surface area contributed by atoms with E-state index in [0.29, 0.717) is 5.02 Å². The molecule has 1 aliphatic heterocycles. The van der Waals surface area contributed by atoms with Gasteiger partial charge in [-0.1, -0.05) is 23.4 Å². The lowest BCUT2D eigenvalue weighted by Gasteiger charge is -2.08. The zero-order valence-corrected chi connectivity index (χ0v) is 12.8. The fourth-order valence-electron chi connectivity index (χ4n) is 2.14. The summed E-state index contributed by atoms with van der Waals surface area (Å²) >= 11 is 7.81. The average molecular weight is 321 g/mol. The van der Waals surface area contributed by atoms with Crippen LogP contribution in [-0.4, -0.2) is 13.0 Å². The zero-order valence-electron chi connectivity index (χ0n) is 11.2. The van der Waals surface area contributed by atoms with E-state index < -0.39 is 6.04 Å². The molecule has 3 N–H and O–H groups in total. The summed E-state index contributed by atoms with van der Waals surface area (Å²) in [5, 5.41) is 3.35. The van der Waals surface area contributed by atoms with Crippen LogP contribution in [0.4, 0.5) is 5.69 Å². The van der Waals surface area contributed by atoms with Crippen LogP contribution in [0.25, 0.3) is 0 Å². The molecule has 0 radical (unpaired) electrons. The van der Waals surface area contributed by atoms with Gasteiger partial charge in [0.2, 0.25) is 5.91 Å². The molecule has 2 aromatic carbocycles. The molecule has 1 atom stereocenters. The van der Waals surface area contributed by atoms with Gasteiger partial charge in [-0.2, -0.15) is 0 Å². The molecule has 1 unspecified atom stereocenters. The highest BCUT2D eigenvalue weighted by Gasteiger charge is 2.28. The molecular weight excluding hydrogens is 308 g/mol. The highest BCUT2D eigenvalue weighted by Crippen LogP contribution is 2.40. The van der Waals surface area contributed by atoms with Gasteiger partial charge in [-0.25, -0.2) is 0 Å². The predicted molar refractivity (Wildman–Crippen MR) is 84.1 cm³/mol. The van der Waals surface area contributed by atoms with Crippen LogP contribution in [0.15, 0.2) is 46.2 Å². The number of carbonyl (C=O) groups excluding carboxylic acids is 1. The van der Waals surface area contributed by atoms with Gasteiger partial charge in [-0.05, 0) is 36.4 Å². The number of amides is 1. The van der Waals surface area contributed by atoms with E-state index in [2.05, 4.69) is 5.32 Å². The van der Waals surface area contributed by atoms with Gasteiger partial charge in [-0.15, -0.1) is 0 Å². The van der Waals surface area contributed by atoms with E-state index in [0.717, 1.165) is 26.8 Å². The number of fused-ring (bicyclic) bond motifs is 1. The van der Waals surface area contributed by atoms with Gasteiger partial charge in [0.1, 0.15) is 11.8 Å². The lowest BCUT2D eigenvalue weighted by molar-refractivity contribution is -0.116. The number of rotatable bonds is 3. The van der Waals surface area contributed by atoms with Crippen molar-refractivity contribution in [2.75, 3.05) is 12.4 Å². The summed E-state index contributed by atoms with van der Waals surface area (Å²) in [4.78, 5) is 13.5. The zero-order chi connectivity index (χ0) is 15.0. The number of hydrogen-bond donors (Lipinski definition) is 2. The van der Waals surface area contributed by atoms with Crippen LogP contribution in [-0.2, 0) is 4.79 Å². The van der Waals surface area contributed by atoms with E-state index in [1.54, 1.807) is 13.2 Å². The Labute approximate surface area is 131 Å². The Balaban J connectivity index is 1.89. The molecule has 3 rings (SSSR count). The largest absolute Gasteiger partial charge is 0.497 e. The van der Waals surface area contributed by atoms with Crippen molar-refractivity contribution in [2.45, 2.75) is 15.8 Å². The van der Waals surface area contributed by atoms with Crippen molar-refractivity contribution in [2.24, 2.45) is 5.73 Å². The number of nitrogens with one attached hydrogen (secondary N) is 1. The first-order chi connectivity index (χ1) is 10.1. The summed E-state index contributed by atoms with van der Waals surface area (Å²) in [5.41, 5.74) is 7.27. The van der Waals surface area contributed by atoms with Crippen LogP contribution in [0.1, 0.15) is 11.6 Å². The van der Waals surface area contributed by atoms with Gasteiger partial charge in [0.15, 0.2) is 0 Å². The van der Waals surface area contributed by atoms with Gasteiger partial charge >= 0.3 is 0 Å². The summed E-state index contributed by atoms with van der Waals surface area (Å²) in [7, 11) is 1.63. The first kappa shape index (κ1) is 14.3. The number of carbonyl (C=O) groups is 1. The lowest BCUT2D eigenvalue weighted by Crippen LogP contribution is -2.19. The van der Waals surface area contributed by atoms with Crippen molar-refractivity contribution in [3.05, 3.63) is 47.0 Å². The molecule has 0 saturated heterocycles. The van der Waals surface area contributed by atoms with Crippen molar-refractivity contribution in [1.29, 1.82) is 0 Å². The lowest BCUT2D eigenvalue weighted by atomic mass is 10.1. The fraction of sp³-hybridized carbons (Fsp3) is 0.133. The minimum absolute atomic E-state index is 0.201. The quantitative estimate of drug-likeness (QED) is 0.909. The van der Waals surface area contributed by atoms with Crippen molar-refractivity contribution < 1.29 is 9.53 Å². The number of hydrogen-bond acceptors (Lipinski definition) is 4. The highest BCUT2D eigenvalue weighted by molar-refractivity contribution is 7.99. The third-order valence-electron chi connectivity index (χ3n) is 3.27. The minimum atomic E-state index is -0.641. The van der Waals surface area contributed by atoms with E-state index in [1.807, 2.05) is 30.3 Å². The SMILES string of the molecule is COc1ccc(Sc2cc3c(cc2Cl)C(N)C(=O)N3)cc1. The Bertz CT molecular complexity index is 704. The number of nitrogens with two attached hydrogens (primary N) is 1. The van der Waals surface area contributed by atoms with Crippen molar-refractivity contribution >= 4 is 35.0 Å². The first-order valence-corrected chi connectivity index (χ1v) is 7.49. The Hall–Kier alpha value is -1.69. The number of halogens is 1. The third kappa shape index (κ3) is 2.72. The highest BCUT2D eigenvalue weighted by atomic mass is 35.5. The molecule has 0 bridgehead atoms. The predicted octanol–water partition coefficient (Wildman–Crippen LogP) is 3.45. The molecule has 0 spiro atoms. The molecule has 108 valence electrons. The van der Waals surface area contributed by atoms with Crippen molar-refractivity contribution in [1.82, 2.24) is 0 Å². The Kier molecular flexibility index (Phi) is 3.80. The summed E-state index contributed by atoms with van der Waals surface area (Å²) in [5.74, 6) is 0.602. The number of anilines is 1. The van der Waals surface area contributed by atoms with Gasteiger partial charge in [-0.3, -0.25) is 4.79 Å². The molecule has 4 nitrogen and oxygen atoms in total. The average Bonchev–Trinajstić information content (AvgIpc) is 2.75. The second-order valence-corrected chi connectivity index (χ2v) is 6.14. The van der Waals surface area contributed by atoms with Crippen LogP contribution in [0.5, 0.6) is 5.75 Å². The number of benzene rings is 2. The summed E-state index contributed by atoms with van der Waals surface area (Å²) < 4.78 is 5.13. The Morgan fingerprint density at radius 2 is 2.00 bits per heavy atom. The molecular formula is C15H13ClN2O2S. The molecule has 0 aliphatic carbocycles. The number of methoxy groups -OCH3 is 1. The smallest absolute Gasteiger partial charge is 0.245 e. The van der Waals surface area contributed by atoms with Crippen LogP contribution in [0.2, 0.25) is 5.02 Å². The summed E-state index contributed by atoms with van der Waals surface area (Å²) in [6, 6.07) is 10.7. The standard InChI is InChI=1S/C15H13ClN2O2S/c1-20-8-2-4-9(5-3-8)21-13-7-12-10(6-11(13)16)14(17)15(19)18-12/h2-7,14H,17H2,1H3,(H,18,19). The second kappa shape index (κ2) is 5.60. The monoisotopic (exact) mass is 320 g/mol. The maximum absolute atomic E-state index is 11.6. The van der Waals surface area contributed by atoms with Crippen LogP contribution in [0, 0.1) is 0 Å². The maximum atomic E-state index is 11.6. The summed E-state index contributed by atoms with van der Waals surface area (Å²) in [6.07, 6.45) is 0. The molecule has 2 aromatic rings. The van der Waals surface area contributed by atoms with E-state index in [1.165, 1.54) is 11.8 Å². The molecule has 6 heteroatoms. The molecule has 21 heavy (non-hydrogen) atoms. The van der Waals surface area contributed by atoms with Crippen LogP contribution >= 0.6 is 23.4 Å². The van der Waals surface area contributed by atoms with Gasteiger partial charge in [0.05, 0.1) is 12.1 Å². The molecule has 1 heterocycles. The van der Waals surface area contributed by atoms with E-state index >= 15 is 0 Å². The van der Waals surface area contributed by atoms with E-state index in [9.17, 15) is 4.79 Å². The molecule has 0 fully saturated rings. The normalized spacial score (nSPS) is 16.5. The molecule has 0 saturated carbocycles. The van der Waals surface area contributed by atoms with Gasteiger partial charge < -0.3 is 15.8 Å². The molecule has 1 amide bonds. The Morgan fingerprint density at radius 3 is 2.67 bits per heavy atom. The van der Waals surface area contributed by atoms with E-state index in [4.69, 9.17) is 22.1 Å². The fourth-order valence-corrected chi connectivity index (χ4v) is 3.28. The van der Waals surface area contributed by atoms with Crippen molar-refractivity contribution in [3.63, 3.8) is 0 Å². The molecule has 0 aromatic heterocycles. The minimum Gasteiger partial charge on any atom is -0.497 e. The van der Waals surface area contributed by atoms with Crippen LogP contribution in [0.3, 0.4) is 0 Å². The van der Waals surface area contributed by atoms with E-state index in [-0.39, 0.29) is 5.91 Å².